The Morgan fingerprint density at radius 3 is 3.00 bits per heavy atom. The topological polar surface area (TPSA) is 57.8 Å². The molecule has 1 fully saturated rings. The molecular formula is C16H21N3O2. The van der Waals surface area contributed by atoms with Crippen LogP contribution in [0.5, 0.6) is 0 Å². The first-order valence-electron chi connectivity index (χ1n) is 7.52. The van der Waals surface area contributed by atoms with Crippen molar-refractivity contribution in [2.75, 3.05) is 6.54 Å². The number of fused-ring (bicyclic) bond motifs is 1. The van der Waals surface area contributed by atoms with Gasteiger partial charge >= 0.3 is 5.97 Å². The van der Waals surface area contributed by atoms with E-state index in [9.17, 15) is 9.90 Å². The number of hydrogen-bond donors (Lipinski definition) is 1. The molecule has 1 atom stereocenters. The lowest BCUT2D eigenvalue weighted by molar-refractivity contribution is 0.0688. The van der Waals surface area contributed by atoms with Gasteiger partial charge in [-0.2, -0.15) is 0 Å². The zero-order valence-corrected chi connectivity index (χ0v) is 12.5. The van der Waals surface area contributed by atoms with E-state index in [2.05, 4.69) is 23.7 Å². The van der Waals surface area contributed by atoms with Gasteiger partial charge in [0.15, 0.2) is 0 Å². The van der Waals surface area contributed by atoms with Crippen LogP contribution in [0.3, 0.4) is 0 Å². The lowest BCUT2D eigenvalue weighted by Gasteiger charge is -2.28. The van der Waals surface area contributed by atoms with Crippen molar-refractivity contribution in [1.82, 2.24) is 14.3 Å². The monoisotopic (exact) mass is 287 g/mol. The third-order valence-corrected chi connectivity index (χ3v) is 4.35. The van der Waals surface area contributed by atoms with Gasteiger partial charge in [0.1, 0.15) is 11.5 Å². The second-order valence-corrected chi connectivity index (χ2v) is 5.98. The molecule has 1 aliphatic rings. The molecule has 0 aliphatic carbocycles. The van der Waals surface area contributed by atoms with Gasteiger partial charge in [-0.3, -0.25) is 9.30 Å². The summed E-state index contributed by atoms with van der Waals surface area (Å²) in [6, 6.07) is 6.27. The highest BCUT2D eigenvalue weighted by molar-refractivity contribution is 5.86. The number of carbonyl (C=O) groups is 1. The van der Waals surface area contributed by atoms with Gasteiger partial charge in [-0.15, -0.1) is 0 Å². The maximum absolute atomic E-state index is 11.4. The SMILES string of the molecule is CC(C)N1CCCC1Cc1ncc2cccc(C(=O)O)n12. The van der Waals surface area contributed by atoms with Gasteiger partial charge < -0.3 is 5.11 Å². The van der Waals surface area contributed by atoms with Gasteiger partial charge in [-0.1, -0.05) is 6.07 Å². The Balaban J connectivity index is 1.96. The smallest absolute Gasteiger partial charge is 0.352 e. The van der Waals surface area contributed by atoms with Crippen LogP contribution in [0.1, 0.15) is 43.0 Å². The zero-order valence-electron chi connectivity index (χ0n) is 12.5. The molecule has 0 aromatic carbocycles. The summed E-state index contributed by atoms with van der Waals surface area (Å²) in [5.74, 6) is -0.0625. The first kappa shape index (κ1) is 14.1. The molecule has 1 N–H and O–H groups in total. The minimum absolute atomic E-state index is 0.286. The maximum atomic E-state index is 11.4. The summed E-state index contributed by atoms with van der Waals surface area (Å²) in [6.45, 7) is 5.55. The number of carboxylic acid groups (broad SMARTS) is 1. The molecule has 21 heavy (non-hydrogen) atoms. The average molecular weight is 287 g/mol. The molecule has 1 saturated heterocycles. The molecule has 0 saturated carbocycles. The Kier molecular flexibility index (Phi) is 3.68. The number of imidazole rings is 1. The van der Waals surface area contributed by atoms with Gasteiger partial charge in [0.2, 0.25) is 0 Å². The number of aromatic nitrogens is 2. The van der Waals surface area contributed by atoms with Crippen molar-refractivity contribution in [2.45, 2.75) is 45.2 Å². The fourth-order valence-electron chi connectivity index (χ4n) is 3.39. The number of rotatable bonds is 4. The molecule has 112 valence electrons. The van der Waals surface area contributed by atoms with Gasteiger partial charge in [0.05, 0.1) is 11.7 Å². The van der Waals surface area contributed by atoms with E-state index in [-0.39, 0.29) is 5.69 Å². The van der Waals surface area contributed by atoms with Crippen LogP contribution in [0.2, 0.25) is 0 Å². The van der Waals surface area contributed by atoms with Crippen molar-refractivity contribution in [2.24, 2.45) is 0 Å². The minimum Gasteiger partial charge on any atom is -0.477 e. The van der Waals surface area contributed by atoms with E-state index in [0.29, 0.717) is 12.1 Å². The highest BCUT2D eigenvalue weighted by Gasteiger charge is 2.28. The second-order valence-electron chi connectivity index (χ2n) is 5.98. The standard InChI is InChI=1S/C16H21N3O2/c1-11(2)18-8-4-6-12(18)9-15-17-10-13-5-3-7-14(16(20)21)19(13)15/h3,5,7,10-12H,4,6,8-9H2,1-2H3,(H,20,21). The first-order valence-corrected chi connectivity index (χ1v) is 7.52. The summed E-state index contributed by atoms with van der Waals surface area (Å²) < 4.78 is 1.78. The quantitative estimate of drug-likeness (QED) is 0.938. The van der Waals surface area contributed by atoms with Crippen molar-refractivity contribution in [3.63, 3.8) is 0 Å². The molecule has 5 heteroatoms. The molecule has 1 unspecified atom stereocenters. The van der Waals surface area contributed by atoms with Crippen LogP contribution in [-0.4, -0.2) is 44.0 Å². The van der Waals surface area contributed by atoms with Crippen LogP contribution >= 0.6 is 0 Å². The molecule has 2 aromatic heterocycles. The molecule has 2 aromatic rings. The van der Waals surface area contributed by atoms with E-state index in [4.69, 9.17) is 0 Å². The highest BCUT2D eigenvalue weighted by atomic mass is 16.4. The van der Waals surface area contributed by atoms with E-state index < -0.39 is 5.97 Å². The van der Waals surface area contributed by atoms with Crippen molar-refractivity contribution < 1.29 is 9.90 Å². The summed E-state index contributed by atoms with van der Waals surface area (Å²) in [6.07, 6.45) is 4.92. The molecule has 3 heterocycles. The van der Waals surface area contributed by atoms with E-state index in [1.54, 1.807) is 22.7 Å². The van der Waals surface area contributed by atoms with Crippen molar-refractivity contribution in [3.05, 3.63) is 35.9 Å². The predicted octanol–water partition coefficient (Wildman–Crippen LogP) is 2.45. The molecular weight excluding hydrogens is 266 g/mol. The Bertz CT molecular complexity index is 663. The largest absolute Gasteiger partial charge is 0.477 e. The highest BCUT2D eigenvalue weighted by Crippen LogP contribution is 2.24. The zero-order chi connectivity index (χ0) is 15.0. The van der Waals surface area contributed by atoms with Gasteiger partial charge in [-0.05, 0) is 45.4 Å². The number of aromatic carboxylic acids is 1. The van der Waals surface area contributed by atoms with Crippen LogP contribution in [0, 0.1) is 0 Å². The summed E-state index contributed by atoms with van der Waals surface area (Å²) in [5, 5.41) is 9.37. The van der Waals surface area contributed by atoms with Crippen LogP contribution < -0.4 is 0 Å². The maximum Gasteiger partial charge on any atom is 0.352 e. The van der Waals surface area contributed by atoms with E-state index >= 15 is 0 Å². The van der Waals surface area contributed by atoms with Crippen molar-refractivity contribution in [3.8, 4) is 0 Å². The van der Waals surface area contributed by atoms with Crippen molar-refractivity contribution in [1.29, 1.82) is 0 Å². The Labute approximate surface area is 124 Å². The van der Waals surface area contributed by atoms with Crippen LogP contribution in [0.4, 0.5) is 0 Å². The van der Waals surface area contributed by atoms with E-state index in [0.717, 1.165) is 30.7 Å². The average Bonchev–Trinajstić information content (AvgIpc) is 3.06. The number of hydrogen-bond acceptors (Lipinski definition) is 3. The fourth-order valence-corrected chi connectivity index (χ4v) is 3.39. The molecule has 3 rings (SSSR count). The Hall–Kier alpha value is -1.88. The second kappa shape index (κ2) is 5.48. The predicted molar refractivity (Wildman–Crippen MR) is 80.7 cm³/mol. The van der Waals surface area contributed by atoms with Crippen LogP contribution in [0.15, 0.2) is 24.4 Å². The molecule has 1 aliphatic heterocycles. The molecule has 5 nitrogen and oxygen atoms in total. The van der Waals surface area contributed by atoms with Gasteiger partial charge in [0.25, 0.3) is 0 Å². The summed E-state index contributed by atoms with van der Waals surface area (Å²) in [5.41, 5.74) is 1.13. The summed E-state index contributed by atoms with van der Waals surface area (Å²) in [4.78, 5) is 18.4. The first-order chi connectivity index (χ1) is 10.1. The third kappa shape index (κ3) is 2.53. The lowest BCUT2D eigenvalue weighted by atomic mass is 10.1. The molecule has 0 bridgehead atoms. The Morgan fingerprint density at radius 1 is 1.48 bits per heavy atom. The van der Waals surface area contributed by atoms with Crippen LogP contribution in [0.25, 0.3) is 5.52 Å². The minimum atomic E-state index is -0.910. The van der Waals surface area contributed by atoms with E-state index in [1.165, 1.54) is 6.42 Å². The number of nitrogens with zero attached hydrogens (tertiary/aromatic N) is 3. The molecule has 0 amide bonds. The molecule has 0 spiro atoms. The van der Waals surface area contributed by atoms with Crippen molar-refractivity contribution >= 4 is 11.5 Å². The Morgan fingerprint density at radius 2 is 2.29 bits per heavy atom. The number of pyridine rings is 1. The molecule has 0 radical (unpaired) electrons. The van der Waals surface area contributed by atoms with Gasteiger partial charge in [0, 0.05) is 18.5 Å². The normalized spacial score (nSPS) is 19.7. The fraction of sp³-hybridized carbons (Fsp3) is 0.500. The van der Waals surface area contributed by atoms with Crippen LogP contribution in [-0.2, 0) is 6.42 Å². The number of likely N-dealkylation sites (tertiary alicyclic amines) is 1. The number of carboxylic acids is 1. The lowest BCUT2D eigenvalue weighted by Crippen LogP contribution is -2.37. The van der Waals surface area contributed by atoms with E-state index in [1.807, 2.05) is 6.07 Å². The van der Waals surface area contributed by atoms with Gasteiger partial charge in [-0.25, -0.2) is 9.78 Å². The summed E-state index contributed by atoms with van der Waals surface area (Å²) >= 11 is 0. The summed E-state index contributed by atoms with van der Waals surface area (Å²) in [7, 11) is 0. The third-order valence-electron chi connectivity index (χ3n) is 4.35.